The Labute approximate surface area is 122 Å². The fourth-order valence-electron chi connectivity index (χ4n) is 5.40. The normalized spacial score (nSPS) is 41.9. The Kier molecular flexibility index (Phi) is 2.73. The van der Waals surface area contributed by atoms with Crippen molar-refractivity contribution in [2.24, 2.45) is 17.3 Å². The van der Waals surface area contributed by atoms with E-state index in [1.165, 1.54) is 17.8 Å². The molecule has 0 aromatic carbocycles. The summed E-state index contributed by atoms with van der Waals surface area (Å²) >= 11 is 1.45. The number of hydrogen-bond donors (Lipinski definition) is 2. The molecule has 2 unspecified atom stereocenters. The summed E-state index contributed by atoms with van der Waals surface area (Å²) in [5.74, 6) is 1.33. The molecule has 5 rings (SSSR count). The van der Waals surface area contributed by atoms with Crippen LogP contribution in [0.4, 0.5) is 5.13 Å². The van der Waals surface area contributed by atoms with Crippen LogP contribution in [-0.4, -0.2) is 21.6 Å². The number of rotatable bonds is 3. The minimum absolute atomic E-state index is 0.0418. The molecule has 1 aromatic rings. The topological polar surface area (TPSA) is 62.2 Å². The van der Waals surface area contributed by atoms with E-state index in [1.54, 1.807) is 6.20 Å². The van der Waals surface area contributed by atoms with Gasteiger partial charge in [-0.3, -0.25) is 4.79 Å². The molecular weight excluding hydrogens is 272 g/mol. The molecule has 5 heteroatoms. The van der Waals surface area contributed by atoms with Crippen LogP contribution in [0.1, 0.15) is 44.9 Å². The first-order valence-corrected chi connectivity index (χ1v) is 8.34. The van der Waals surface area contributed by atoms with Crippen molar-refractivity contribution in [2.75, 3.05) is 5.32 Å². The minimum Gasteiger partial charge on any atom is -0.390 e. The second-order valence-electron chi connectivity index (χ2n) is 7.25. The van der Waals surface area contributed by atoms with E-state index in [4.69, 9.17) is 0 Å². The third-order valence-electron chi connectivity index (χ3n) is 5.37. The predicted octanol–water partition coefficient (Wildman–Crippen LogP) is 2.80. The van der Waals surface area contributed by atoms with Gasteiger partial charge in [-0.25, -0.2) is 4.98 Å². The molecule has 2 N–H and O–H groups in total. The molecule has 4 aliphatic carbocycles. The molecule has 108 valence electrons. The van der Waals surface area contributed by atoms with Crippen molar-refractivity contribution in [1.82, 2.24) is 4.98 Å². The highest BCUT2D eigenvalue weighted by Crippen LogP contribution is 2.62. The molecule has 1 aromatic heterocycles. The smallest absolute Gasteiger partial charge is 0.226 e. The van der Waals surface area contributed by atoms with E-state index in [9.17, 15) is 9.90 Å². The van der Waals surface area contributed by atoms with Gasteiger partial charge in [0, 0.05) is 18.0 Å². The summed E-state index contributed by atoms with van der Waals surface area (Å²) in [5.41, 5.74) is -0.439. The zero-order chi connectivity index (χ0) is 13.8. The minimum atomic E-state index is -0.481. The first-order valence-electron chi connectivity index (χ1n) is 7.46. The number of hydrogen-bond acceptors (Lipinski definition) is 4. The van der Waals surface area contributed by atoms with Crippen LogP contribution in [0.3, 0.4) is 0 Å². The quantitative estimate of drug-likeness (QED) is 0.900. The lowest BCUT2D eigenvalue weighted by Crippen LogP contribution is -2.56. The average Bonchev–Trinajstić information content (AvgIpc) is 2.76. The SMILES string of the molecule is O=C(CC12CC3CC(CC(O)(C3)C1)C2)Nc1nccs1. The van der Waals surface area contributed by atoms with Crippen LogP contribution in [0.2, 0.25) is 0 Å². The van der Waals surface area contributed by atoms with Crippen LogP contribution in [0, 0.1) is 17.3 Å². The summed E-state index contributed by atoms with van der Waals surface area (Å²) in [6.07, 6.45) is 8.49. The Morgan fingerprint density at radius 3 is 2.75 bits per heavy atom. The van der Waals surface area contributed by atoms with Crippen molar-refractivity contribution in [3.8, 4) is 0 Å². The van der Waals surface area contributed by atoms with Gasteiger partial charge in [0.2, 0.25) is 5.91 Å². The zero-order valence-corrected chi connectivity index (χ0v) is 12.3. The summed E-state index contributed by atoms with van der Waals surface area (Å²) in [4.78, 5) is 16.4. The third-order valence-corrected chi connectivity index (χ3v) is 6.05. The Morgan fingerprint density at radius 2 is 2.15 bits per heavy atom. The van der Waals surface area contributed by atoms with E-state index in [2.05, 4.69) is 10.3 Å². The summed E-state index contributed by atoms with van der Waals surface area (Å²) in [7, 11) is 0. The van der Waals surface area contributed by atoms with E-state index >= 15 is 0 Å². The van der Waals surface area contributed by atoms with Crippen LogP contribution < -0.4 is 5.32 Å². The maximum Gasteiger partial charge on any atom is 0.226 e. The Morgan fingerprint density at radius 1 is 1.40 bits per heavy atom. The summed E-state index contributed by atoms with van der Waals surface area (Å²) in [6.45, 7) is 0. The van der Waals surface area contributed by atoms with E-state index in [-0.39, 0.29) is 11.3 Å². The van der Waals surface area contributed by atoms with Gasteiger partial charge in [-0.15, -0.1) is 11.3 Å². The molecule has 2 atom stereocenters. The Hall–Kier alpha value is -0.940. The highest BCUT2D eigenvalue weighted by molar-refractivity contribution is 7.13. The first kappa shape index (κ1) is 12.8. The molecule has 0 radical (unpaired) electrons. The number of carbonyl (C=O) groups is 1. The average molecular weight is 292 g/mol. The summed E-state index contributed by atoms with van der Waals surface area (Å²) < 4.78 is 0. The van der Waals surface area contributed by atoms with Gasteiger partial charge in [-0.05, 0) is 55.8 Å². The second kappa shape index (κ2) is 4.28. The number of amides is 1. The molecule has 4 bridgehead atoms. The van der Waals surface area contributed by atoms with Gasteiger partial charge in [-0.2, -0.15) is 0 Å². The first-order chi connectivity index (χ1) is 9.54. The van der Waals surface area contributed by atoms with Crippen molar-refractivity contribution >= 4 is 22.4 Å². The molecule has 1 amide bonds. The van der Waals surface area contributed by atoms with Gasteiger partial charge in [0.05, 0.1) is 5.60 Å². The van der Waals surface area contributed by atoms with Crippen LogP contribution >= 0.6 is 11.3 Å². The number of aromatic nitrogens is 1. The van der Waals surface area contributed by atoms with Crippen LogP contribution in [0.25, 0.3) is 0 Å². The molecule has 20 heavy (non-hydrogen) atoms. The van der Waals surface area contributed by atoms with Gasteiger partial charge in [-0.1, -0.05) is 0 Å². The zero-order valence-electron chi connectivity index (χ0n) is 11.5. The van der Waals surface area contributed by atoms with E-state index in [0.717, 1.165) is 32.1 Å². The number of carbonyl (C=O) groups excluding carboxylic acids is 1. The molecule has 0 aliphatic heterocycles. The van der Waals surface area contributed by atoms with Crippen LogP contribution in [-0.2, 0) is 4.79 Å². The van der Waals surface area contributed by atoms with Crippen molar-refractivity contribution in [3.63, 3.8) is 0 Å². The Balaban J connectivity index is 1.49. The number of thiazole rings is 1. The highest BCUT2D eigenvalue weighted by Gasteiger charge is 2.57. The molecule has 4 saturated carbocycles. The summed E-state index contributed by atoms with van der Waals surface area (Å²) in [5, 5.41) is 16.1. The second-order valence-corrected chi connectivity index (χ2v) is 8.14. The highest BCUT2D eigenvalue weighted by atomic mass is 32.1. The van der Waals surface area contributed by atoms with E-state index in [1.807, 2.05) is 5.38 Å². The molecule has 4 aliphatic rings. The van der Waals surface area contributed by atoms with E-state index in [0.29, 0.717) is 23.4 Å². The molecule has 4 nitrogen and oxygen atoms in total. The summed E-state index contributed by atoms with van der Waals surface area (Å²) in [6, 6.07) is 0. The molecule has 4 fully saturated rings. The van der Waals surface area contributed by atoms with Crippen molar-refractivity contribution in [3.05, 3.63) is 11.6 Å². The molecular formula is C15H20N2O2S. The monoisotopic (exact) mass is 292 g/mol. The maximum atomic E-state index is 12.3. The van der Waals surface area contributed by atoms with Crippen molar-refractivity contribution < 1.29 is 9.90 Å². The van der Waals surface area contributed by atoms with Gasteiger partial charge >= 0.3 is 0 Å². The van der Waals surface area contributed by atoms with E-state index < -0.39 is 5.60 Å². The Bertz CT molecular complexity index is 514. The number of nitrogens with one attached hydrogen (secondary N) is 1. The van der Waals surface area contributed by atoms with Gasteiger partial charge in [0.1, 0.15) is 0 Å². The van der Waals surface area contributed by atoms with Gasteiger partial charge in [0.25, 0.3) is 0 Å². The van der Waals surface area contributed by atoms with Gasteiger partial charge in [0.15, 0.2) is 5.13 Å². The maximum absolute atomic E-state index is 12.3. The molecule has 1 heterocycles. The lowest BCUT2D eigenvalue weighted by molar-refractivity contribution is -0.167. The van der Waals surface area contributed by atoms with Crippen molar-refractivity contribution in [2.45, 2.75) is 50.5 Å². The largest absolute Gasteiger partial charge is 0.390 e. The predicted molar refractivity (Wildman–Crippen MR) is 77.4 cm³/mol. The molecule has 0 saturated heterocycles. The molecule has 0 spiro atoms. The number of nitrogens with zero attached hydrogens (tertiary/aromatic N) is 1. The van der Waals surface area contributed by atoms with Gasteiger partial charge < -0.3 is 10.4 Å². The standard InChI is InChI=1S/C15H20N2O2S/c18-12(17-13-16-1-2-20-13)8-14-4-10-3-11(5-14)7-15(19,6-10)9-14/h1-2,10-11,19H,3-9H2,(H,16,17,18). The fraction of sp³-hybridized carbons (Fsp3) is 0.733. The lowest BCUT2D eigenvalue weighted by Gasteiger charge is -2.60. The third kappa shape index (κ3) is 2.17. The van der Waals surface area contributed by atoms with Crippen LogP contribution in [0.5, 0.6) is 0 Å². The van der Waals surface area contributed by atoms with Crippen LogP contribution in [0.15, 0.2) is 11.6 Å². The fourth-order valence-corrected chi connectivity index (χ4v) is 5.94. The van der Waals surface area contributed by atoms with Crippen molar-refractivity contribution in [1.29, 1.82) is 0 Å². The number of aliphatic hydroxyl groups is 1. The number of anilines is 1. The lowest BCUT2D eigenvalue weighted by atomic mass is 9.47.